The van der Waals surface area contributed by atoms with Crippen molar-refractivity contribution in [2.24, 2.45) is 0 Å². The molecule has 0 saturated carbocycles. The van der Waals surface area contributed by atoms with E-state index in [4.69, 9.17) is 18.9 Å². The van der Waals surface area contributed by atoms with Crippen molar-refractivity contribution in [3.63, 3.8) is 0 Å². The number of carbonyl (C=O) groups excluding carboxylic acids is 4. The highest BCUT2D eigenvalue weighted by molar-refractivity contribution is 6.05. The number of rotatable bonds is 11. The minimum Gasteiger partial charge on any atom is -0.490 e. The summed E-state index contributed by atoms with van der Waals surface area (Å²) in [5, 5.41) is 11.4. The van der Waals surface area contributed by atoms with Gasteiger partial charge in [-0.3, -0.25) is 19.2 Å². The highest BCUT2D eigenvalue weighted by Crippen LogP contribution is 2.51. The van der Waals surface area contributed by atoms with Gasteiger partial charge in [0.05, 0.1) is 26.1 Å². The third-order valence-electron chi connectivity index (χ3n) is 12.8. The van der Waals surface area contributed by atoms with Crippen molar-refractivity contribution < 1.29 is 38.1 Å². The smallest absolute Gasteiger partial charge is 0.311 e. The molecule has 10 rings (SSSR count). The minimum absolute atomic E-state index is 0.121. The van der Waals surface area contributed by atoms with E-state index in [-0.39, 0.29) is 47.7 Å². The molecule has 0 spiro atoms. The molecule has 0 fully saturated rings. The number of fused-ring (bicyclic) bond motifs is 6. The summed E-state index contributed by atoms with van der Waals surface area (Å²) in [7, 11) is 0. The van der Waals surface area contributed by atoms with E-state index < -0.39 is 11.9 Å². The molecule has 64 heavy (non-hydrogen) atoms. The fourth-order valence-corrected chi connectivity index (χ4v) is 10.0. The summed E-state index contributed by atoms with van der Waals surface area (Å²) in [5.41, 5.74) is 9.11. The molecule has 0 radical (unpaired) electrons. The number of carbonyl (C=O) groups is 4. The van der Waals surface area contributed by atoms with E-state index >= 15 is 0 Å². The van der Waals surface area contributed by atoms with Gasteiger partial charge < -0.3 is 29.6 Å². The number of nitrogens with one attached hydrogen (secondary N) is 2. The number of allylic oxidation sites excluding steroid dienone is 4. The minimum atomic E-state index is -0.630. The molecular formula is C54H48N2O8. The molecule has 322 valence electrons. The summed E-state index contributed by atoms with van der Waals surface area (Å²) >= 11 is 0. The molecule has 2 aliphatic heterocycles. The average Bonchev–Trinajstić information content (AvgIpc) is 3.31. The highest BCUT2D eigenvalue weighted by Gasteiger charge is 2.38. The standard InChI is InChI=1S/C54H48N2O8/c1-3-61-45-29-33(49-51-35-13-7-5-11-31(35)19-23-39(51)55-37-15-9-17-41(57)53(37)49)21-25-43(45)63-47(59)27-28-48(60)64-44-26-22-34(30-46(44)62-4-2)50-52-36-14-8-6-12-32(36)20-24-40(52)56-38-16-10-18-42(58)54(38)50/h5-8,11-14,19-26,29-30,49-50,55-56H,3-4,9-10,15-18,27-28H2,1-2H3. The Labute approximate surface area is 371 Å². The molecule has 2 aliphatic carbocycles. The van der Waals surface area contributed by atoms with Crippen molar-refractivity contribution in [3.8, 4) is 23.0 Å². The van der Waals surface area contributed by atoms with E-state index in [2.05, 4.69) is 59.2 Å². The second kappa shape index (κ2) is 17.2. The van der Waals surface area contributed by atoms with Crippen LogP contribution in [0.2, 0.25) is 0 Å². The molecule has 10 heteroatoms. The number of benzene rings is 6. The average molecular weight is 853 g/mol. The number of hydrogen-bond donors (Lipinski definition) is 2. The summed E-state index contributed by atoms with van der Waals surface area (Å²) in [6.45, 7) is 4.34. The molecule has 0 saturated heterocycles. The first-order valence-corrected chi connectivity index (χ1v) is 22.3. The molecule has 4 aliphatic rings. The zero-order valence-electron chi connectivity index (χ0n) is 35.9. The van der Waals surface area contributed by atoms with Crippen molar-refractivity contribution >= 4 is 56.4 Å². The lowest BCUT2D eigenvalue weighted by molar-refractivity contribution is -0.140. The first kappa shape index (κ1) is 40.8. The van der Waals surface area contributed by atoms with Crippen LogP contribution < -0.4 is 29.6 Å². The van der Waals surface area contributed by atoms with E-state index in [9.17, 15) is 19.2 Å². The van der Waals surface area contributed by atoms with Crippen LogP contribution in [0.1, 0.15) is 99.3 Å². The van der Waals surface area contributed by atoms with Gasteiger partial charge in [-0.1, -0.05) is 72.8 Å². The van der Waals surface area contributed by atoms with Crippen molar-refractivity contribution in [1.82, 2.24) is 0 Å². The van der Waals surface area contributed by atoms with Crippen LogP contribution in [-0.2, 0) is 19.2 Å². The number of hydrogen-bond acceptors (Lipinski definition) is 10. The lowest BCUT2D eigenvalue weighted by Crippen LogP contribution is -2.27. The van der Waals surface area contributed by atoms with Crippen LogP contribution in [0.15, 0.2) is 132 Å². The Hall–Kier alpha value is -7.20. The van der Waals surface area contributed by atoms with Gasteiger partial charge in [0, 0.05) is 58.6 Å². The molecule has 6 aromatic rings. The van der Waals surface area contributed by atoms with Crippen LogP contribution >= 0.6 is 0 Å². The summed E-state index contributed by atoms with van der Waals surface area (Å²) in [6.07, 6.45) is 3.63. The number of ketones is 2. The first-order valence-electron chi connectivity index (χ1n) is 22.3. The first-order chi connectivity index (χ1) is 31.3. The molecule has 2 unspecified atom stereocenters. The zero-order chi connectivity index (χ0) is 43.9. The van der Waals surface area contributed by atoms with Gasteiger partial charge in [0.25, 0.3) is 0 Å². The highest BCUT2D eigenvalue weighted by atomic mass is 16.6. The number of Topliss-reactive ketones (excluding diaryl/α,β-unsaturated/α-hetero) is 2. The Morgan fingerprint density at radius 1 is 0.531 bits per heavy atom. The lowest BCUT2D eigenvalue weighted by atomic mass is 9.74. The van der Waals surface area contributed by atoms with Crippen LogP contribution in [-0.4, -0.2) is 36.7 Å². The Balaban J connectivity index is 0.878. The van der Waals surface area contributed by atoms with Crippen LogP contribution in [0.5, 0.6) is 23.0 Å². The summed E-state index contributed by atoms with van der Waals surface area (Å²) in [6, 6.07) is 35.6. The van der Waals surface area contributed by atoms with Gasteiger partial charge in [0.2, 0.25) is 0 Å². The van der Waals surface area contributed by atoms with Crippen molar-refractivity contribution in [2.45, 2.75) is 77.0 Å². The monoisotopic (exact) mass is 852 g/mol. The molecule has 0 amide bonds. The molecule has 2 heterocycles. The maximum Gasteiger partial charge on any atom is 0.311 e. The van der Waals surface area contributed by atoms with E-state index in [1.807, 2.05) is 62.4 Å². The summed E-state index contributed by atoms with van der Waals surface area (Å²) in [5.74, 6) is -0.544. The van der Waals surface area contributed by atoms with E-state index in [0.717, 1.165) is 103 Å². The molecule has 6 aromatic carbocycles. The molecule has 2 atom stereocenters. The Kier molecular flexibility index (Phi) is 11.0. The summed E-state index contributed by atoms with van der Waals surface area (Å²) in [4.78, 5) is 54.0. The normalized spacial score (nSPS) is 17.7. The Bertz CT molecular complexity index is 2780. The van der Waals surface area contributed by atoms with Crippen LogP contribution in [0, 0.1) is 0 Å². The van der Waals surface area contributed by atoms with Crippen LogP contribution in [0.4, 0.5) is 11.4 Å². The van der Waals surface area contributed by atoms with Gasteiger partial charge in [-0.05, 0) is 120 Å². The predicted molar refractivity (Wildman–Crippen MR) is 246 cm³/mol. The maximum atomic E-state index is 13.6. The Morgan fingerprint density at radius 3 is 1.41 bits per heavy atom. The molecule has 2 N–H and O–H groups in total. The van der Waals surface area contributed by atoms with Crippen molar-refractivity contribution in [2.75, 3.05) is 23.8 Å². The van der Waals surface area contributed by atoms with Gasteiger partial charge >= 0.3 is 11.9 Å². The van der Waals surface area contributed by atoms with Crippen LogP contribution in [0.25, 0.3) is 21.5 Å². The van der Waals surface area contributed by atoms with Crippen molar-refractivity contribution in [3.05, 3.63) is 154 Å². The fraction of sp³-hybridized carbons (Fsp3) is 0.259. The topological polar surface area (TPSA) is 129 Å². The summed E-state index contributed by atoms with van der Waals surface area (Å²) < 4.78 is 23.8. The van der Waals surface area contributed by atoms with Gasteiger partial charge in [-0.15, -0.1) is 0 Å². The molecular weight excluding hydrogens is 805 g/mol. The van der Waals surface area contributed by atoms with Crippen molar-refractivity contribution in [1.29, 1.82) is 0 Å². The second-order valence-corrected chi connectivity index (χ2v) is 16.7. The van der Waals surface area contributed by atoms with Gasteiger partial charge in [-0.2, -0.15) is 0 Å². The van der Waals surface area contributed by atoms with E-state index in [0.29, 0.717) is 37.6 Å². The largest absolute Gasteiger partial charge is 0.490 e. The maximum absolute atomic E-state index is 13.6. The predicted octanol–water partition coefficient (Wildman–Crippen LogP) is 11.2. The third kappa shape index (κ3) is 7.46. The quantitative estimate of drug-likeness (QED) is 0.0960. The number of esters is 2. The number of anilines is 2. The SMILES string of the molecule is CCOc1cc(C2C3=C(CCCC3=O)Nc3ccc4ccccc4c32)ccc1OC(=O)CCC(=O)Oc1ccc(C2C3=C(CCCC3=O)Nc3ccc4ccccc4c32)cc1OCC. The molecule has 0 bridgehead atoms. The zero-order valence-corrected chi connectivity index (χ0v) is 35.9. The van der Waals surface area contributed by atoms with Crippen LogP contribution in [0.3, 0.4) is 0 Å². The van der Waals surface area contributed by atoms with Gasteiger partial charge in [0.15, 0.2) is 34.6 Å². The fourth-order valence-electron chi connectivity index (χ4n) is 10.0. The lowest BCUT2D eigenvalue weighted by Gasteiger charge is -2.35. The Morgan fingerprint density at radius 2 is 0.969 bits per heavy atom. The second-order valence-electron chi connectivity index (χ2n) is 16.7. The molecule has 0 aromatic heterocycles. The van der Waals surface area contributed by atoms with E-state index in [1.165, 1.54) is 0 Å². The van der Waals surface area contributed by atoms with Gasteiger partial charge in [-0.25, -0.2) is 0 Å². The van der Waals surface area contributed by atoms with E-state index in [1.54, 1.807) is 12.1 Å². The number of ether oxygens (including phenoxy) is 4. The van der Waals surface area contributed by atoms with Gasteiger partial charge in [0.1, 0.15) is 0 Å². The molecule has 10 nitrogen and oxygen atoms in total. The third-order valence-corrected chi connectivity index (χ3v) is 12.8.